The average molecular weight is 346 g/mol. The van der Waals surface area contributed by atoms with Gasteiger partial charge in [0.25, 0.3) is 0 Å². The smallest absolute Gasteiger partial charge is 0.339 e. The number of nitrogens with two attached hydrogens (primary N) is 1. The highest BCUT2D eigenvalue weighted by molar-refractivity contribution is 9.10. The number of halogens is 2. The maximum absolute atomic E-state index is 13.3. The number of anilines is 1. The van der Waals surface area contributed by atoms with Crippen molar-refractivity contribution in [2.24, 2.45) is 0 Å². The van der Waals surface area contributed by atoms with Gasteiger partial charge in [-0.2, -0.15) is 0 Å². The Morgan fingerprint density at radius 1 is 1.40 bits per heavy atom. The Kier molecular flexibility index (Phi) is 4.99. The Morgan fingerprint density at radius 2 is 2.10 bits per heavy atom. The van der Waals surface area contributed by atoms with Gasteiger partial charge in [0.15, 0.2) is 0 Å². The summed E-state index contributed by atoms with van der Waals surface area (Å²) in [5, 5.41) is 0. The molecule has 0 amide bonds. The third-order valence-electron chi connectivity index (χ3n) is 3.49. The number of rotatable bonds is 3. The Morgan fingerprint density at radius 3 is 2.80 bits per heavy atom. The van der Waals surface area contributed by atoms with E-state index < -0.39 is 11.8 Å². The van der Waals surface area contributed by atoms with Crippen LogP contribution in [0.4, 0.5) is 10.1 Å². The van der Waals surface area contributed by atoms with Crippen molar-refractivity contribution in [2.45, 2.75) is 37.9 Å². The number of benzene rings is 1. The quantitative estimate of drug-likeness (QED) is 0.674. The highest BCUT2D eigenvalue weighted by atomic mass is 79.9. The zero-order chi connectivity index (χ0) is 14.7. The van der Waals surface area contributed by atoms with E-state index >= 15 is 0 Å². The van der Waals surface area contributed by atoms with Crippen LogP contribution in [0.1, 0.15) is 36.0 Å². The summed E-state index contributed by atoms with van der Waals surface area (Å²) in [6.07, 6.45) is 3.42. The topological polar surface area (TPSA) is 61.5 Å². The Bertz CT molecular complexity index is 509. The molecule has 0 aromatic heterocycles. The van der Waals surface area contributed by atoms with E-state index in [1.807, 2.05) is 0 Å². The number of esters is 1. The minimum Gasteiger partial charge on any atom is -0.459 e. The number of carbonyl (C=O) groups excluding carboxylic acids is 1. The fourth-order valence-corrected chi connectivity index (χ4v) is 2.84. The molecule has 6 heteroatoms. The van der Waals surface area contributed by atoms with Crippen molar-refractivity contribution < 1.29 is 18.7 Å². The monoisotopic (exact) mass is 345 g/mol. The lowest BCUT2D eigenvalue weighted by Gasteiger charge is -2.28. The van der Waals surface area contributed by atoms with Crippen LogP contribution < -0.4 is 5.73 Å². The van der Waals surface area contributed by atoms with Crippen molar-refractivity contribution in [2.75, 3.05) is 12.8 Å². The summed E-state index contributed by atoms with van der Waals surface area (Å²) >= 11 is 3.15. The van der Waals surface area contributed by atoms with Crippen molar-refractivity contribution in [1.29, 1.82) is 0 Å². The lowest BCUT2D eigenvalue weighted by atomic mass is 9.95. The normalized spacial score (nSPS) is 22.6. The molecule has 4 nitrogen and oxygen atoms in total. The lowest BCUT2D eigenvalue weighted by Crippen LogP contribution is -2.29. The van der Waals surface area contributed by atoms with Crippen molar-refractivity contribution >= 4 is 27.6 Å². The summed E-state index contributed by atoms with van der Waals surface area (Å²) in [6, 6.07) is 2.46. The Balaban J connectivity index is 2.06. The second-order valence-corrected chi connectivity index (χ2v) is 5.76. The van der Waals surface area contributed by atoms with Crippen LogP contribution >= 0.6 is 15.9 Å². The molecule has 0 heterocycles. The largest absolute Gasteiger partial charge is 0.459 e. The summed E-state index contributed by atoms with van der Waals surface area (Å²) in [7, 11) is 1.66. The molecule has 0 radical (unpaired) electrons. The summed E-state index contributed by atoms with van der Waals surface area (Å²) in [5.41, 5.74) is 5.65. The first-order chi connectivity index (χ1) is 9.51. The zero-order valence-electron chi connectivity index (χ0n) is 11.2. The maximum Gasteiger partial charge on any atom is 0.339 e. The molecular formula is C14H17BrFNO3. The molecule has 2 rings (SSSR count). The van der Waals surface area contributed by atoms with Crippen LogP contribution in [0.25, 0.3) is 0 Å². The van der Waals surface area contributed by atoms with E-state index in [-0.39, 0.29) is 23.5 Å². The van der Waals surface area contributed by atoms with Gasteiger partial charge in [-0.25, -0.2) is 9.18 Å². The van der Waals surface area contributed by atoms with Crippen molar-refractivity contribution in [3.63, 3.8) is 0 Å². The van der Waals surface area contributed by atoms with E-state index in [1.165, 1.54) is 12.1 Å². The summed E-state index contributed by atoms with van der Waals surface area (Å²) in [6.45, 7) is 0. The standard InChI is InChI=1S/C14H17BrFNO3/c1-19-8-3-2-4-9(5-8)20-14(18)10-6-13(17)12(16)7-11(10)15/h6-9H,2-5,17H2,1H3. The van der Waals surface area contributed by atoms with Gasteiger partial charge >= 0.3 is 5.97 Å². The van der Waals surface area contributed by atoms with Crippen LogP contribution in [-0.4, -0.2) is 25.3 Å². The van der Waals surface area contributed by atoms with Crippen molar-refractivity contribution in [3.8, 4) is 0 Å². The van der Waals surface area contributed by atoms with Crippen LogP contribution in [0, 0.1) is 5.82 Å². The van der Waals surface area contributed by atoms with Crippen LogP contribution in [0.15, 0.2) is 16.6 Å². The van der Waals surface area contributed by atoms with Gasteiger partial charge in [0, 0.05) is 18.0 Å². The number of hydrogen-bond donors (Lipinski definition) is 1. The minimum absolute atomic E-state index is 0.0708. The molecule has 1 aromatic rings. The molecular weight excluding hydrogens is 329 g/mol. The molecule has 1 aromatic carbocycles. The highest BCUT2D eigenvalue weighted by Gasteiger charge is 2.26. The van der Waals surface area contributed by atoms with E-state index in [1.54, 1.807) is 7.11 Å². The van der Waals surface area contributed by atoms with E-state index in [9.17, 15) is 9.18 Å². The third kappa shape index (κ3) is 3.49. The Labute approximate surface area is 125 Å². The second-order valence-electron chi connectivity index (χ2n) is 4.91. The molecule has 2 N–H and O–H groups in total. The van der Waals surface area contributed by atoms with Crippen molar-refractivity contribution in [1.82, 2.24) is 0 Å². The van der Waals surface area contributed by atoms with Gasteiger partial charge < -0.3 is 15.2 Å². The van der Waals surface area contributed by atoms with Crippen LogP contribution in [0.5, 0.6) is 0 Å². The predicted molar refractivity (Wildman–Crippen MR) is 77.0 cm³/mol. The van der Waals surface area contributed by atoms with Gasteiger partial charge in [0.05, 0.1) is 17.4 Å². The van der Waals surface area contributed by atoms with Gasteiger partial charge in [-0.1, -0.05) is 0 Å². The molecule has 0 spiro atoms. The molecule has 2 atom stereocenters. The van der Waals surface area contributed by atoms with E-state index in [2.05, 4.69) is 15.9 Å². The van der Waals surface area contributed by atoms with Gasteiger partial charge in [-0.3, -0.25) is 0 Å². The number of hydrogen-bond acceptors (Lipinski definition) is 4. The fraction of sp³-hybridized carbons (Fsp3) is 0.500. The first-order valence-electron chi connectivity index (χ1n) is 6.49. The minimum atomic E-state index is -0.564. The maximum atomic E-state index is 13.3. The molecule has 0 aliphatic heterocycles. The number of nitrogen functional groups attached to an aromatic ring is 1. The summed E-state index contributed by atoms with van der Waals surface area (Å²) < 4.78 is 24.4. The first-order valence-corrected chi connectivity index (χ1v) is 7.29. The van der Waals surface area contributed by atoms with Gasteiger partial charge in [-0.05, 0) is 47.3 Å². The fourth-order valence-electron chi connectivity index (χ4n) is 2.36. The van der Waals surface area contributed by atoms with Crippen LogP contribution in [0.2, 0.25) is 0 Å². The van der Waals surface area contributed by atoms with Crippen LogP contribution in [-0.2, 0) is 9.47 Å². The average Bonchev–Trinajstić information content (AvgIpc) is 2.43. The molecule has 1 aliphatic rings. The summed E-state index contributed by atoms with van der Waals surface area (Å²) in [4.78, 5) is 12.1. The number of ether oxygens (including phenoxy) is 2. The van der Waals surface area contributed by atoms with Gasteiger partial charge in [-0.15, -0.1) is 0 Å². The highest BCUT2D eigenvalue weighted by Crippen LogP contribution is 2.27. The Hall–Kier alpha value is -1.14. The predicted octanol–water partition coefficient (Wildman–Crippen LogP) is 3.28. The molecule has 0 bridgehead atoms. The second kappa shape index (κ2) is 6.54. The third-order valence-corrected chi connectivity index (χ3v) is 4.15. The van der Waals surface area contributed by atoms with E-state index in [0.717, 1.165) is 19.3 Å². The number of carbonyl (C=O) groups is 1. The molecule has 110 valence electrons. The summed E-state index contributed by atoms with van der Waals surface area (Å²) in [5.74, 6) is -1.06. The molecule has 20 heavy (non-hydrogen) atoms. The van der Waals surface area contributed by atoms with Gasteiger partial charge in [0.2, 0.25) is 0 Å². The van der Waals surface area contributed by atoms with E-state index in [4.69, 9.17) is 15.2 Å². The molecule has 1 aliphatic carbocycles. The van der Waals surface area contributed by atoms with E-state index in [0.29, 0.717) is 10.9 Å². The first kappa shape index (κ1) is 15.3. The SMILES string of the molecule is COC1CCCC(OC(=O)c2cc(N)c(F)cc2Br)C1. The molecule has 1 saturated carbocycles. The molecule has 0 saturated heterocycles. The number of methoxy groups -OCH3 is 1. The van der Waals surface area contributed by atoms with Gasteiger partial charge in [0.1, 0.15) is 11.9 Å². The molecule has 2 unspecified atom stereocenters. The van der Waals surface area contributed by atoms with Crippen LogP contribution in [0.3, 0.4) is 0 Å². The van der Waals surface area contributed by atoms with Crippen molar-refractivity contribution in [3.05, 3.63) is 28.0 Å². The lowest BCUT2D eigenvalue weighted by molar-refractivity contribution is -0.0149. The zero-order valence-corrected chi connectivity index (χ0v) is 12.8. The molecule has 1 fully saturated rings.